The van der Waals surface area contributed by atoms with E-state index in [0.717, 1.165) is 19.5 Å². The zero-order valence-corrected chi connectivity index (χ0v) is 14.1. The lowest BCUT2D eigenvalue weighted by molar-refractivity contribution is 0.0632. The third-order valence-corrected chi connectivity index (χ3v) is 6.58. The second-order valence-corrected chi connectivity index (χ2v) is 9.25. The number of hydrogen-bond donors (Lipinski definition) is 0. The first-order valence-corrected chi connectivity index (χ1v) is 9.67. The van der Waals surface area contributed by atoms with Crippen LogP contribution < -0.4 is 0 Å². The van der Waals surface area contributed by atoms with E-state index in [9.17, 15) is 13.2 Å². The molecule has 1 aliphatic heterocycles. The minimum atomic E-state index is -3.78. The predicted molar refractivity (Wildman–Crippen MR) is 80.9 cm³/mol. The molecular weight excluding hydrogens is 318 g/mol. The van der Waals surface area contributed by atoms with Crippen LogP contribution in [0.25, 0.3) is 0 Å². The number of piperidine rings is 1. The van der Waals surface area contributed by atoms with Crippen molar-refractivity contribution in [1.29, 1.82) is 0 Å². The predicted octanol–water partition coefficient (Wildman–Crippen LogP) is 3.10. The topological polar surface area (TPSA) is 54.5 Å². The molecule has 1 aliphatic rings. The van der Waals surface area contributed by atoms with Gasteiger partial charge in [-0.1, -0.05) is 13.8 Å². The van der Waals surface area contributed by atoms with Crippen LogP contribution in [0.1, 0.15) is 34.8 Å². The van der Waals surface area contributed by atoms with Gasteiger partial charge in [-0.05, 0) is 31.2 Å². The highest BCUT2D eigenvalue weighted by molar-refractivity contribution is 8.13. The number of halogens is 1. The van der Waals surface area contributed by atoms with Crippen LogP contribution in [0.2, 0.25) is 0 Å². The average Bonchev–Trinajstić information content (AvgIpc) is 2.74. The summed E-state index contributed by atoms with van der Waals surface area (Å²) in [6.07, 6.45) is 0.984. The van der Waals surface area contributed by atoms with Gasteiger partial charge in [-0.15, -0.1) is 11.3 Å². The number of thiophene rings is 1. The summed E-state index contributed by atoms with van der Waals surface area (Å²) >= 11 is 1.19. The third kappa shape index (κ3) is 3.18. The molecule has 0 aliphatic carbocycles. The summed E-state index contributed by atoms with van der Waals surface area (Å²) in [6.45, 7) is 7.44. The Morgan fingerprint density at radius 2 is 2.05 bits per heavy atom. The van der Waals surface area contributed by atoms with Crippen LogP contribution in [0.4, 0.5) is 0 Å². The molecule has 0 bridgehead atoms. The Kier molecular flexibility index (Phi) is 4.47. The van der Waals surface area contributed by atoms with Gasteiger partial charge in [-0.3, -0.25) is 4.79 Å². The maximum Gasteiger partial charge on any atom is 0.263 e. The Bertz CT molecular complexity index is 624. The maximum absolute atomic E-state index is 12.4. The van der Waals surface area contributed by atoms with Gasteiger partial charge >= 0.3 is 0 Å². The highest BCUT2D eigenvalue weighted by atomic mass is 35.7. The fourth-order valence-corrected chi connectivity index (χ4v) is 5.05. The Balaban J connectivity index is 2.22. The monoisotopic (exact) mass is 335 g/mol. The van der Waals surface area contributed by atoms with Crippen molar-refractivity contribution in [3.63, 3.8) is 0 Å². The normalized spacial score (nSPS) is 23.9. The summed E-state index contributed by atoms with van der Waals surface area (Å²) in [5.74, 6) is 0.983. The van der Waals surface area contributed by atoms with Gasteiger partial charge in [0.2, 0.25) is 0 Å². The Morgan fingerprint density at radius 3 is 2.55 bits per heavy atom. The molecule has 0 spiro atoms. The van der Waals surface area contributed by atoms with Crippen LogP contribution in [-0.4, -0.2) is 32.3 Å². The second-order valence-electron chi connectivity index (χ2n) is 5.46. The molecule has 2 rings (SSSR count). The molecule has 0 N–H and O–H groups in total. The quantitative estimate of drug-likeness (QED) is 0.780. The molecule has 1 amide bonds. The zero-order chi connectivity index (χ0) is 15.1. The molecule has 0 aromatic carbocycles. The highest BCUT2D eigenvalue weighted by Crippen LogP contribution is 2.30. The Morgan fingerprint density at radius 1 is 1.40 bits per heavy atom. The molecule has 2 unspecified atom stereocenters. The van der Waals surface area contributed by atoms with E-state index in [1.807, 2.05) is 0 Å². The van der Waals surface area contributed by atoms with Crippen molar-refractivity contribution in [3.05, 3.63) is 15.8 Å². The SMILES string of the molecule is Cc1sc(C(=O)N2CCC(C)C(C)C2)cc1S(=O)(=O)Cl. The van der Waals surface area contributed by atoms with Crippen LogP contribution in [0.15, 0.2) is 11.0 Å². The first-order valence-electron chi connectivity index (χ1n) is 6.54. The van der Waals surface area contributed by atoms with E-state index >= 15 is 0 Å². The molecule has 112 valence electrons. The molecule has 0 saturated carbocycles. The molecule has 0 radical (unpaired) electrons. The van der Waals surface area contributed by atoms with E-state index in [1.54, 1.807) is 11.8 Å². The highest BCUT2D eigenvalue weighted by Gasteiger charge is 2.28. The Labute approximate surface area is 128 Å². The van der Waals surface area contributed by atoms with Crippen molar-refractivity contribution in [2.45, 2.75) is 32.1 Å². The van der Waals surface area contributed by atoms with E-state index in [4.69, 9.17) is 10.7 Å². The first-order chi connectivity index (χ1) is 9.20. The first kappa shape index (κ1) is 15.8. The number of carbonyl (C=O) groups excluding carboxylic acids is 1. The number of nitrogens with zero attached hydrogens (tertiary/aromatic N) is 1. The minimum absolute atomic E-state index is 0.0472. The van der Waals surface area contributed by atoms with E-state index in [2.05, 4.69) is 13.8 Å². The standard InChI is InChI=1S/C13H18ClNO3S2/c1-8-4-5-15(7-9(8)2)13(16)11-6-12(10(3)19-11)20(14,17)18/h6,8-9H,4-5,7H2,1-3H3. The van der Waals surface area contributed by atoms with E-state index in [1.165, 1.54) is 17.4 Å². The largest absolute Gasteiger partial charge is 0.338 e. The van der Waals surface area contributed by atoms with Crippen LogP contribution in [0.3, 0.4) is 0 Å². The van der Waals surface area contributed by atoms with Crippen LogP contribution in [0.5, 0.6) is 0 Å². The smallest absolute Gasteiger partial charge is 0.263 e. The van der Waals surface area contributed by atoms with Crippen molar-refractivity contribution < 1.29 is 13.2 Å². The second kappa shape index (κ2) is 5.66. The molecule has 1 aromatic heterocycles. The fourth-order valence-electron chi connectivity index (χ4n) is 2.42. The summed E-state index contributed by atoms with van der Waals surface area (Å²) in [5.41, 5.74) is 0. The van der Waals surface area contributed by atoms with Crippen LogP contribution >= 0.6 is 22.0 Å². The lowest BCUT2D eigenvalue weighted by Crippen LogP contribution is -2.41. The summed E-state index contributed by atoms with van der Waals surface area (Å²) in [5, 5.41) is 0. The molecule has 2 atom stereocenters. The van der Waals surface area contributed by atoms with Crippen LogP contribution in [0, 0.1) is 18.8 Å². The molecule has 2 heterocycles. The number of carbonyl (C=O) groups is 1. The van der Waals surface area contributed by atoms with Gasteiger partial charge in [0.25, 0.3) is 15.0 Å². The number of amides is 1. The van der Waals surface area contributed by atoms with Gasteiger partial charge in [0.05, 0.1) is 9.77 Å². The zero-order valence-electron chi connectivity index (χ0n) is 11.7. The minimum Gasteiger partial charge on any atom is -0.338 e. The molecule has 20 heavy (non-hydrogen) atoms. The molecule has 1 aromatic rings. The maximum atomic E-state index is 12.4. The summed E-state index contributed by atoms with van der Waals surface area (Å²) in [6, 6.07) is 1.40. The van der Waals surface area contributed by atoms with Gasteiger partial charge in [-0.25, -0.2) is 8.42 Å². The third-order valence-electron chi connectivity index (χ3n) is 3.97. The van der Waals surface area contributed by atoms with E-state index < -0.39 is 9.05 Å². The summed E-state index contributed by atoms with van der Waals surface area (Å²) in [7, 11) is 1.58. The summed E-state index contributed by atoms with van der Waals surface area (Å²) in [4.78, 5) is 15.3. The van der Waals surface area contributed by atoms with Gasteiger partial charge in [0.15, 0.2) is 0 Å². The molecular formula is C13H18ClNO3S2. The van der Waals surface area contributed by atoms with E-state index in [-0.39, 0.29) is 10.8 Å². The average molecular weight is 336 g/mol. The summed E-state index contributed by atoms with van der Waals surface area (Å²) < 4.78 is 22.8. The van der Waals surface area contributed by atoms with Gasteiger partial charge < -0.3 is 4.90 Å². The van der Waals surface area contributed by atoms with Crippen molar-refractivity contribution in [3.8, 4) is 0 Å². The van der Waals surface area contributed by atoms with E-state index in [0.29, 0.717) is 21.6 Å². The van der Waals surface area contributed by atoms with Gasteiger partial charge in [0.1, 0.15) is 0 Å². The van der Waals surface area contributed by atoms with Crippen molar-refractivity contribution in [2.24, 2.45) is 11.8 Å². The lowest BCUT2D eigenvalue weighted by atomic mass is 9.88. The molecule has 4 nitrogen and oxygen atoms in total. The number of rotatable bonds is 2. The Hall–Kier alpha value is -0.590. The number of hydrogen-bond acceptors (Lipinski definition) is 4. The van der Waals surface area contributed by atoms with Crippen molar-refractivity contribution >= 4 is 37.0 Å². The van der Waals surface area contributed by atoms with Gasteiger partial charge in [0, 0.05) is 28.6 Å². The molecule has 1 fully saturated rings. The molecule has 1 saturated heterocycles. The van der Waals surface area contributed by atoms with Gasteiger partial charge in [-0.2, -0.15) is 0 Å². The van der Waals surface area contributed by atoms with Crippen LogP contribution in [-0.2, 0) is 9.05 Å². The number of aryl methyl sites for hydroxylation is 1. The van der Waals surface area contributed by atoms with Crippen molar-refractivity contribution in [1.82, 2.24) is 4.90 Å². The molecule has 7 heteroatoms. The number of likely N-dealkylation sites (tertiary alicyclic amines) is 1. The fraction of sp³-hybridized carbons (Fsp3) is 0.615. The van der Waals surface area contributed by atoms with Crippen molar-refractivity contribution in [2.75, 3.05) is 13.1 Å². The lowest BCUT2D eigenvalue weighted by Gasteiger charge is -2.35.